The first-order chi connectivity index (χ1) is 8.67. The van der Waals surface area contributed by atoms with Gasteiger partial charge in [-0.05, 0) is 24.8 Å². The van der Waals surface area contributed by atoms with E-state index in [1.165, 1.54) is 0 Å². The van der Waals surface area contributed by atoms with Crippen molar-refractivity contribution in [1.29, 1.82) is 0 Å². The fraction of sp³-hybridized carbons (Fsp3) is 0.385. The molecule has 0 aliphatic rings. The molecule has 0 saturated heterocycles. The molecule has 3 nitrogen and oxygen atoms in total. The maximum Gasteiger partial charge on any atom is 0.133 e. The Morgan fingerprint density at radius 3 is 2.72 bits per heavy atom. The molecule has 0 atom stereocenters. The summed E-state index contributed by atoms with van der Waals surface area (Å²) >= 11 is 7.81. The molecule has 0 aromatic carbocycles. The molecule has 2 aromatic rings. The van der Waals surface area contributed by atoms with Crippen LogP contribution in [0.5, 0.6) is 0 Å². The van der Waals surface area contributed by atoms with Gasteiger partial charge in [-0.1, -0.05) is 18.5 Å². The van der Waals surface area contributed by atoms with Crippen LogP contribution in [0.15, 0.2) is 11.4 Å². The normalized spacial score (nSPS) is 10.7. The summed E-state index contributed by atoms with van der Waals surface area (Å²) in [6.07, 6.45) is 1.91. The molecule has 0 aliphatic heterocycles. The smallest absolute Gasteiger partial charge is 0.133 e. The molecule has 2 aromatic heterocycles. The number of hydrogen-bond donors (Lipinski definition) is 1. The van der Waals surface area contributed by atoms with Gasteiger partial charge in [0.2, 0.25) is 0 Å². The summed E-state index contributed by atoms with van der Waals surface area (Å²) in [5.41, 5.74) is 1.99. The van der Waals surface area contributed by atoms with E-state index in [1.54, 1.807) is 11.3 Å². The molecule has 18 heavy (non-hydrogen) atoms. The molecule has 1 N–H and O–H groups in total. The summed E-state index contributed by atoms with van der Waals surface area (Å²) in [5.74, 6) is 1.75. The van der Waals surface area contributed by atoms with Crippen LogP contribution in [0.3, 0.4) is 0 Å². The number of nitrogens with one attached hydrogen (secondary N) is 1. The van der Waals surface area contributed by atoms with E-state index >= 15 is 0 Å². The predicted molar refractivity (Wildman–Crippen MR) is 78.6 cm³/mol. The number of aromatic nitrogens is 2. The van der Waals surface area contributed by atoms with E-state index in [2.05, 4.69) is 22.2 Å². The molecule has 0 amide bonds. The highest BCUT2D eigenvalue weighted by Gasteiger charge is 2.15. The Morgan fingerprint density at radius 2 is 2.17 bits per heavy atom. The van der Waals surface area contributed by atoms with Crippen LogP contribution in [0.2, 0.25) is 5.02 Å². The standard InChI is InChI=1S/C13H16ClN3S/c1-4-5-10-16-11(8(2)13(15-3)17-10)12-9(14)6-7-18-12/h6-7H,4-5H2,1-3H3,(H,15,16,17). The summed E-state index contributed by atoms with van der Waals surface area (Å²) in [6, 6.07) is 1.90. The summed E-state index contributed by atoms with van der Waals surface area (Å²) in [7, 11) is 1.88. The van der Waals surface area contributed by atoms with Crippen molar-refractivity contribution >= 4 is 28.8 Å². The number of nitrogens with zero attached hydrogens (tertiary/aromatic N) is 2. The second-order valence-electron chi connectivity index (χ2n) is 4.06. The van der Waals surface area contributed by atoms with Gasteiger partial charge in [-0.3, -0.25) is 0 Å². The van der Waals surface area contributed by atoms with Gasteiger partial charge in [0.25, 0.3) is 0 Å². The number of halogens is 1. The van der Waals surface area contributed by atoms with Gasteiger partial charge in [0.05, 0.1) is 15.6 Å². The van der Waals surface area contributed by atoms with E-state index in [4.69, 9.17) is 11.6 Å². The first-order valence-electron chi connectivity index (χ1n) is 5.96. The minimum atomic E-state index is 0.756. The summed E-state index contributed by atoms with van der Waals surface area (Å²) < 4.78 is 0. The van der Waals surface area contributed by atoms with Crippen LogP contribution in [-0.4, -0.2) is 17.0 Å². The van der Waals surface area contributed by atoms with Crippen LogP contribution >= 0.6 is 22.9 Å². The van der Waals surface area contributed by atoms with Crippen LogP contribution < -0.4 is 5.32 Å². The SMILES string of the molecule is CCCc1nc(NC)c(C)c(-c2sccc2Cl)n1. The molecular formula is C13H16ClN3S. The highest BCUT2D eigenvalue weighted by Crippen LogP contribution is 2.35. The van der Waals surface area contributed by atoms with Crippen molar-refractivity contribution in [3.63, 3.8) is 0 Å². The number of anilines is 1. The van der Waals surface area contributed by atoms with Crippen molar-refractivity contribution in [2.75, 3.05) is 12.4 Å². The lowest BCUT2D eigenvalue weighted by atomic mass is 10.2. The molecular weight excluding hydrogens is 266 g/mol. The lowest BCUT2D eigenvalue weighted by Gasteiger charge is -2.11. The monoisotopic (exact) mass is 281 g/mol. The number of aryl methyl sites for hydroxylation is 1. The largest absolute Gasteiger partial charge is 0.373 e. The molecule has 5 heteroatoms. The minimum Gasteiger partial charge on any atom is -0.373 e. The van der Waals surface area contributed by atoms with E-state index in [1.807, 2.05) is 25.4 Å². The summed E-state index contributed by atoms with van der Waals surface area (Å²) in [6.45, 7) is 4.15. The molecule has 0 fully saturated rings. The predicted octanol–water partition coefficient (Wildman–Crippen LogP) is 4.16. The quantitative estimate of drug-likeness (QED) is 0.914. The topological polar surface area (TPSA) is 37.8 Å². The van der Waals surface area contributed by atoms with E-state index < -0.39 is 0 Å². The first-order valence-corrected chi connectivity index (χ1v) is 7.21. The van der Waals surface area contributed by atoms with Gasteiger partial charge >= 0.3 is 0 Å². The lowest BCUT2D eigenvalue weighted by Crippen LogP contribution is -2.04. The molecule has 0 aliphatic carbocycles. The van der Waals surface area contributed by atoms with E-state index in [9.17, 15) is 0 Å². The van der Waals surface area contributed by atoms with Crippen LogP contribution in [0.25, 0.3) is 10.6 Å². The number of thiophene rings is 1. The van der Waals surface area contributed by atoms with Crippen molar-refractivity contribution in [2.24, 2.45) is 0 Å². The first kappa shape index (κ1) is 13.3. The average molecular weight is 282 g/mol. The molecule has 2 rings (SSSR count). The summed E-state index contributed by atoms with van der Waals surface area (Å²) in [4.78, 5) is 10.2. The van der Waals surface area contributed by atoms with E-state index in [0.717, 1.165) is 45.6 Å². The Balaban J connectivity index is 2.58. The zero-order chi connectivity index (χ0) is 13.1. The zero-order valence-electron chi connectivity index (χ0n) is 10.7. The summed E-state index contributed by atoms with van der Waals surface area (Å²) in [5, 5.41) is 5.87. The van der Waals surface area contributed by atoms with Gasteiger partial charge in [-0.15, -0.1) is 11.3 Å². The third kappa shape index (κ3) is 2.49. The fourth-order valence-corrected chi connectivity index (χ4v) is 3.02. The van der Waals surface area contributed by atoms with Crippen LogP contribution in [0.4, 0.5) is 5.82 Å². The van der Waals surface area contributed by atoms with Gasteiger partial charge in [0.15, 0.2) is 0 Å². The average Bonchev–Trinajstić information content (AvgIpc) is 2.78. The highest BCUT2D eigenvalue weighted by atomic mass is 35.5. The second kappa shape index (κ2) is 5.67. The Hall–Kier alpha value is -1.13. The van der Waals surface area contributed by atoms with E-state index in [-0.39, 0.29) is 0 Å². The molecule has 0 unspecified atom stereocenters. The Labute approximate surface area is 116 Å². The van der Waals surface area contributed by atoms with Crippen molar-refractivity contribution < 1.29 is 0 Å². The molecule has 96 valence electrons. The Morgan fingerprint density at radius 1 is 1.39 bits per heavy atom. The van der Waals surface area contributed by atoms with E-state index in [0.29, 0.717) is 0 Å². The van der Waals surface area contributed by atoms with Gasteiger partial charge < -0.3 is 5.32 Å². The molecule has 0 spiro atoms. The van der Waals surface area contributed by atoms with Gasteiger partial charge in [-0.2, -0.15) is 0 Å². The van der Waals surface area contributed by atoms with Gasteiger partial charge in [0.1, 0.15) is 11.6 Å². The third-order valence-electron chi connectivity index (χ3n) is 2.73. The zero-order valence-corrected chi connectivity index (χ0v) is 12.3. The maximum atomic E-state index is 6.20. The Kier molecular flexibility index (Phi) is 4.19. The molecule has 0 saturated carbocycles. The molecule has 0 radical (unpaired) electrons. The number of hydrogen-bond acceptors (Lipinski definition) is 4. The lowest BCUT2D eigenvalue weighted by molar-refractivity contribution is 0.835. The second-order valence-corrected chi connectivity index (χ2v) is 5.38. The minimum absolute atomic E-state index is 0.756. The van der Waals surface area contributed by atoms with Crippen LogP contribution in [0, 0.1) is 6.92 Å². The van der Waals surface area contributed by atoms with Crippen molar-refractivity contribution in [1.82, 2.24) is 9.97 Å². The Bertz CT molecular complexity index is 551. The third-order valence-corrected chi connectivity index (χ3v) is 4.08. The van der Waals surface area contributed by atoms with Crippen molar-refractivity contribution in [3.8, 4) is 10.6 Å². The maximum absolute atomic E-state index is 6.20. The van der Waals surface area contributed by atoms with Crippen molar-refractivity contribution in [2.45, 2.75) is 26.7 Å². The van der Waals surface area contributed by atoms with Crippen LogP contribution in [0.1, 0.15) is 24.7 Å². The highest BCUT2D eigenvalue weighted by molar-refractivity contribution is 7.14. The molecule has 0 bridgehead atoms. The van der Waals surface area contributed by atoms with Gasteiger partial charge in [0, 0.05) is 19.0 Å². The molecule has 2 heterocycles. The fourth-order valence-electron chi connectivity index (χ4n) is 1.83. The van der Waals surface area contributed by atoms with Gasteiger partial charge in [-0.25, -0.2) is 9.97 Å². The van der Waals surface area contributed by atoms with Crippen molar-refractivity contribution in [3.05, 3.63) is 27.9 Å². The van der Waals surface area contributed by atoms with Crippen LogP contribution in [-0.2, 0) is 6.42 Å². The number of rotatable bonds is 4.